The number of carboxylic acid groups (broad SMARTS) is 1. The molecule has 0 fully saturated rings. The number of hydrogen-bond donors (Lipinski definition) is 3. The van der Waals surface area contributed by atoms with E-state index in [1.807, 2.05) is 30.5 Å². The third-order valence-corrected chi connectivity index (χ3v) is 5.65. The Labute approximate surface area is 197 Å². The fourth-order valence-electron chi connectivity index (χ4n) is 4.27. The van der Waals surface area contributed by atoms with Crippen molar-refractivity contribution in [1.82, 2.24) is 9.55 Å². The van der Waals surface area contributed by atoms with Crippen LogP contribution in [0.2, 0.25) is 0 Å². The zero-order chi connectivity index (χ0) is 24.8. The van der Waals surface area contributed by atoms with Gasteiger partial charge in [0, 0.05) is 29.1 Å². The van der Waals surface area contributed by atoms with E-state index >= 15 is 0 Å². The Bertz CT molecular complexity index is 1170. The summed E-state index contributed by atoms with van der Waals surface area (Å²) in [4.78, 5) is 15.3. The van der Waals surface area contributed by atoms with Gasteiger partial charge in [-0.05, 0) is 62.9 Å². The highest BCUT2D eigenvalue weighted by atomic mass is 19.1. The van der Waals surface area contributed by atoms with Crippen molar-refractivity contribution in [2.45, 2.75) is 57.8 Å². The molecule has 34 heavy (non-hydrogen) atoms. The van der Waals surface area contributed by atoms with Crippen molar-refractivity contribution in [1.29, 1.82) is 5.26 Å². The Balaban J connectivity index is 2.12. The number of pyridine rings is 1. The maximum Gasteiger partial charge on any atom is 0.305 e. The molecule has 2 atom stereocenters. The van der Waals surface area contributed by atoms with Crippen LogP contribution in [0.3, 0.4) is 0 Å². The lowest BCUT2D eigenvalue weighted by atomic mass is 9.95. The molecule has 0 aliphatic carbocycles. The SMILES string of the molecule is CC(C)n1c(C#N)c(-c2ccccn2)c(-c2ccc(F)cc2)c1CC[C@@H](O)C[C@@H](O)CC(=O)O. The van der Waals surface area contributed by atoms with Gasteiger partial charge in [-0.1, -0.05) is 18.2 Å². The molecule has 0 bridgehead atoms. The molecule has 8 heteroatoms. The van der Waals surface area contributed by atoms with Crippen LogP contribution in [-0.4, -0.2) is 43.0 Å². The highest BCUT2D eigenvalue weighted by Gasteiger charge is 2.27. The van der Waals surface area contributed by atoms with Crippen molar-refractivity contribution in [2.75, 3.05) is 0 Å². The van der Waals surface area contributed by atoms with Crippen molar-refractivity contribution in [3.8, 4) is 28.5 Å². The monoisotopic (exact) mass is 465 g/mol. The third kappa shape index (κ3) is 5.68. The first kappa shape index (κ1) is 25.1. The first-order valence-corrected chi connectivity index (χ1v) is 11.1. The van der Waals surface area contributed by atoms with Gasteiger partial charge < -0.3 is 19.9 Å². The largest absolute Gasteiger partial charge is 0.481 e. The van der Waals surface area contributed by atoms with Crippen molar-refractivity contribution >= 4 is 5.97 Å². The smallest absolute Gasteiger partial charge is 0.305 e. The number of aliphatic hydroxyl groups excluding tert-OH is 2. The normalized spacial score (nSPS) is 13.0. The second kappa shape index (κ2) is 11.1. The average Bonchev–Trinajstić information content (AvgIpc) is 3.12. The van der Waals surface area contributed by atoms with Gasteiger partial charge in [-0.15, -0.1) is 0 Å². The van der Waals surface area contributed by atoms with E-state index in [-0.39, 0.29) is 24.7 Å². The van der Waals surface area contributed by atoms with Crippen molar-refractivity contribution < 1.29 is 24.5 Å². The van der Waals surface area contributed by atoms with Crippen molar-refractivity contribution in [2.24, 2.45) is 0 Å². The predicted octanol–water partition coefficient (Wildman–Crippen LogP) is 4.33. The molecule has 0 unspecified atom stereocenters. The summed E-state index contributed by atoms with van der Waals surface area (Å²) in [6.45, 7) is 3.90. The van der Waals surface area contributed by atoms with Crippen LogP contribution in [0.4, 0.5) is 4.39 Å². The van der Waals surface area contributed by atoms with Crippen LogP contribution in [0.5, 0.6) is 0 Å². The Morgan fingerprint density at radius 1 is 1.12 bits per heavy atom. The Morgan fingerprint density at radius 3 is 2.38 bits per heavy atom. The number of rotatable bonds is 10. The Morgan fingerprint density at radius 2 is 1.82 bits per heavy atom. The molecule has 7 nitrogen and oxygen atoms in total. The fourth-order valence-corrected chi connectivity index (χ4v) is 4.27. The molecule has 3 N–H and O–H groups in total. The van der Waals surface area contributed by atoms with Gasteiger partial charge in [-0.2, -0.15) is 5.26 Å². The minimum Gasteiger partial charge on any atom is -0.481 e. The summed E-state index contributed by atoms with van der Waals surface area (Å²) in [5.74, 6) is -1.51. The quantitative estimate of drug-likeness (QED) is 0.410. The number of aromatic nitrogens is 2. The van der Waals surface area contributed by atoms with Gasteiger partial charge in [-0.25, -0.2) is 4.39 Å². The number of halogens is 1. The predicted molar refractivity (Wildman–Crippen MR) is 125 cm³/mol. The average molecular weight is 466 g/mol. The van der Waals surface area contributed by atoms with Gasteiger partial charge in [0.05, 0.1) is 24.3 Å². The molecule has 2 aromatic heterocycles. The van der Waals surface area contributed by atoms with Crippen molar-refractivity contribution in [3.63, 3.8) is 0 Å². The van der Waals surface area contributed by atoms with E-state index in [4.69, 9.17) is 5.11 Å². The van der Waals surface area contributed by atoms with Gasteiger partial charge in [-0.3, -0.25) is 9.78 Å². The lowest BCUT2D eigenvalue weighted by molar-refractivity contribution is -0.139. The number of hydrogen-bond acceptors (Lipinski definition) is 5. The summed E-state index contributed by atoms with van der Waals surface area (Å²) in [5.41, 5.74) is 3.90. The van der Waals surface area contributed by atoms with Gasteiger partial charge >= 0.3 is 5.97 Å². The fraction of sp³-hybridized carbons (Fsp3) is 0.346. The zero-order valence-corrected chi connectivity index (χ0v) is 19.1. The first-order chi connectivity index (χ1) is 16.2. The van der Waals surface area contributed by atoms with Gasteiger partial charge in [0.15, 0.2) is 0 Å². The second-order valence-corrected chi connectivity index (χ2v) is 8.52. The van der Waals surface area contributed by atoms with E-state index in [2.05, 4.69) is 11.1 Å². The minimum absolute atomic E-state index is 0.0707. The zero-order valence-electron chi connectivity index (χ0n) is 19.1. The molecule has 1 aromatic carbocycles. The maximum absolute atomic E-state index is 13.7. The summed E-state index contributed by atoms with van der Waals surface area (Å²) in [6.07, 6.45) is -0.358. The topological polar surface area (TPSA) is 119 Å². The van der Waals surface area contributed by atoms with Crippen LogP contribution in [0.25, 0.3) is 22.4 Å². The van der Waals surface area contributed by atoms with Crippen LogP contribution in [0, 0.1) is 17.1 Å². The molecule has 0 radical (unpaired) electrons. The molecular weight excluding hydrogens is 437 g/mol. The molecule has 0 aliphatic rings. The molecule has 0 spiro atoms. The third-order valence-electron chi connectivity index (χ3n) is 5.65. The van der Waals surface area contributed by atoms with Crippen LogP contribution in [-0.2, 0) is 11.2 Å². The number of carbonyl (C=O) groups is 1. The van der Waals surface area contributed by atoms with Crippen LogP contribution in [0.15, 0.2) is 48.7 Å². The van der Waals surface area contributed by atoms with E-state index in [1.54, 1.807) is 24.4 Å². The number of aliphatic carboxylic acids is 1. The van der Waals surface area contributed by atoms with E-state index in [0.717, 1.165) is 11.3 Å². The molecule has 178 valence electrons. The molecule has 0 amide bonds. The summed E-state index contributed by atoms with van der Waals surface area (Å²) in [7, 11) is 0. The standard InChI is InChI=1S/C26H28FN3O4/c1-16(2)30-22(11-10-19(31)13-20(32)14-24(33)34)25(17-6-8-18(27)9-7-17)26(23(30)15-28)21-5-3-4-12-29-21/h3-9,12,16,19-20,31-32H,10-11,13-14H2,1-2H3,(H,33,34)/t19-,20-/m1/s1. The molecule has 0 aliphatic heterocycles. The number of benzene rings is 1. The number of nitriles is 1. The summed E-state index contributed by atoms with van der Waals surface area (Å²) in [6, 6.07) is 13.7. The number of carboxylic acids is 1. The molecule has 0 saturated heterocycles. The van der Waals surface area contributed by atoms with E-state index < -0.39 is 24.6 Å². The number of aliphatic hydroxyl groups is 2. The van der Waals surface area contributed by atoms with Gasteiger partial charge in [0.1, 0.15) is 17.6 Å². The Kier molecular flexibility index (Phi) is 8.16. The highest BCUT2D eigenvalue weighted by Crippen LogP contribution is 2.41. The molecule has 3 rings (SSSR count). The molecule has 3 aromatic rings. The summed E-state index contributed by atoms with van der Waals surface area (Å²) in [5, 5.41) is 39.3. The summed E-state index contributed by atoms with van der Waals surface area (Å²) >= 11 is 0. The highest BCUT2D eigenvalue weighted by molar-refractivity contribution is 5.88. The van der Waals surface area contributed by atoms with E-state index in [1.165, 1.54) is 12.1 Å². The second-order valence-electron chi connectivity index (χ2n) is 8.52. The van der Waals surface area contributed by atoms with Gasteiger partial charge in [0.25, 0.3) is 0 Å². The lowest BCUT2D eigenvalue weighted by Gasteiger charge is -2.18. The summed E-state index contributed by atoms with van der Waals surface area (Å²) < 4.78 is 15.6. The minimum atomic E-state index is -1.15. The molecule has 2 heterocycles. The molecule has 0 saturated carbocycles. The van der Waals surface area contributed by atoms with E-state index in [0.29, 0.717) is 28.9 Å². The molecular formula is C26H28FN3O4. The maximum atomic E-state index is 13.7. The Hall–Kier alpha value is -3.54. The van der Waals surface area contributed by atoms with Crippen LogP contribution >= 0.6 is 0 Å². The van der Waals surface area contributed by atoms with Crippen molar-refractivity contribution in [3.05, 3.63) is 65.9 Å². The first-order valence-electron chi connectivity index (χ1n) is 11.1. The van der Waals surface area contributed by atoms with Crippen LogP contribution in [0.1, 0.15) is 50.5 Å². The van der Waals surface area contributed by atoms with Crippen LogP contribution < -0.4 is 0 Å². The lowest BCUT2D eigenvalue weighted by Crippen LogP contribution is -2.21. The van der Waals surface area contributed by atoms with E-state index in [9.17, 15) is 24.7 Å². The number of nitrogens with zero attached hydrogens (tertiary/aromatic N) is 3. The van der Waals surface area contributed by atoms with Gasteiger partial charge in [0.2, 0.25) is 0 Å².